The van der Waals surface area contributed by atoms with Gasteiger partial charge < -0.3 is 5.32 Å². The minimum absolute atomic E-state index is 0.157. The molecule has 0 atom stereocenters. The van der Waals surface area contributed by atoms with Gasteiger partial charge in [0.1, 0.15) is 5.69 Å². The van der Waals surface area contributed by atoms with Crippen molar-refractivity contribution in [3.8, 4) is 16.8 Å². The minimum atomic E-state index is -0.157. The third-order valence-electron chi connectivity index (χ3n) is 5.96. The van der Waals surface area contributed by atoms with Crippen molar-refractivity contribution < 1.29 is 4.79 Å². The second-order valence-corrected chi connectivity index (χ2v) is 10.4. The zero-order valence-electron chi connectivity index (χ0n) is 20.2. The lowest BCUT2D eigenvalue weighted by atomic mass is 10.0. The van der Waals surface area contributed by atoms with Gasteiger partial charge in [-0.25, -0.2) is 4.98 Å². The summed E-state index contributed by atoms with van der Waals surface area (Å²) in [5, 5.41) is 4.31. The molecule has 3 aromatic carbocycles. The average Bonchev–Trinajstić information content (AvgIpc) is 3.39. The van der Waals surface area contributed by atoms with Crippen molar-refractivity contribution in [2.75, 3.05) is 12.3 Å². The van der Waals surface area contributed by atoms with Crippen LogP contribution in [0.15, 0.2) is 79.3 Å². The number of amides is 1. The van der Waals surface area contributed by atoms with Gasteiger partial charge in [0.25, 0.3) is 5.91 Å². The molecule has 0 aliphatic rings. The highest BCUT2D eigenvalue weighted by atomic mass is 35.5. The molecule has 1 amide bonds. The summed E-state index contributed by atoms with van der Waals surface area (Å²) in [6, 6.07) is 22.5. The number of unbranched alkanes of at least 4 members (excludes halogenated alkanes) is 1. The fourth-order valence-electron chi connectivity index (χ4n) is 3.90. The molecule has 0 unspecified atom stereocenters. The second-order valence-electron chi connectivity index (χ2n) is 8.50. The fraction of sp³-hybridized carbons (Fsp3) is 0.241. The molecule has 36 heavy (non-hydrogen) atoms. The molecular formula is C29H29Cl2N3OS. The third kappa shape index (κ3) is 6.73. The Bertz CT molecular complexity index is 1270. The smallest absolute Gasteiger partial charge is 0.269 e. The first-order chi connectivity index (χ1) is 17.6. The Kier molecular flexibility index (Phi) is 9.51. The van der Waals surface area contributed by atoms with Crippen LogP contribution >= 0.6 is 35.0 Å². The van der Waals surface area contributed by atoms with Crippen LogP contribution in [0.25, 0.3) is 16.8 Å². The predicted octanol–water partition coefficient (Wildman–Crippen LogP) is 7.85. The van der Waals surface area contributed by atoms with E-state index in [1.165, 1.54) is 24.0 Å². The Hall–Kier alpha value is -2.73. The van der Waals surface area contributed by atoms with Gasteiger partial charge in [-0.05, 0) is 59.4 Å². The number of halogens is 2. The summed E-state index contributed by atoms with van der Waals surface area (Å²) < 4.78 is 1.81. The zero-order chi connectivity index (χ0) is 25.3. The number of carbonyl (C=O) groups is 1. The summed E-state index contributed by atoms with van der Waals surface area (Å²) in [6.07, 6.45) is 6.80. The number of nitrogens with zero attached hydrogens (tertiary/aromatic N) is 2. The molecule has 0 aliphatic heterocycles. The molecule has 0 saturated heterocycles. The van der Waals surface area contributed by atoms with E-state index in [4.69, 9.17) is 23.2 Å². The molecule has 1 heterocycles. The van der Waals surface area contributed by atoms with E-state index in [2.05, 4.69) is 53.6 Å². The standard InChI is InChI=1S/C29H29Cl2N3OS/c1-2-3-5-21-8-10-22(11-9-21)23-12-14-24(15-13-23)34-20-32-18-28(34)29(35)33-16-17-36-19-25-26(30)6-4-7-27(25)31/h4,6-15,18,20H,2-3,5,16-17,19H2,1H3,(H,33,35). The van der Waals surface area contributed by atoms with Gasteiger partial charge in [0, 0.05) is 33.8 Å². The molecule has 0 saturated carbocycles. The van der Waals surface area contributed by atoms with Gasteiger partial charge in [0.2, 0.25) is 0 Å². The van der Waals surface area contributed by atoms with Gasteiger partial charge >= 0.3 is 0 Å². The number of hydrogen-bond acceptors (Lipinski definition) is 3. The first-order valence-corrected chi connectivity index (χ1v) is 14.0. The summed E-state index contributed by atoms with van der Waals surface area (Å²) in [5.41, 5.74) is 6.01. The summed E-state index contributed by atoms with van der Waals surface area (Å²) >= 11 is 14.1. The molecule has 1 N–H and O–H groups in total. The average molecular weight is 539 g/mol. The largest absolute Gasteiger partial charge is 0.350 e. The van der Waals surface area contributed by atoms with E-state index in [1.807, 2.05) is 34.9 Å². The molecule has 4 aromatic rings. The number of rotatable bonds is 11. The highest BCUT2D eigenvalue weighted by Crippen LogP contribution is 2.28. The van der Waals surface area contributed by atoms with Crippen LogP contribution in [0.1, 0.15) is 41.4 Å². The van der Waals surface area contributed by atoms with Crippen LogP contribution in [0.3, 0.4) is 0 Å². The lowest BCUT2D eigenvalue weighted by Gasteiger charge is -2.11. The Balaban J connectivity index is 1.32. The third-order valence-corrected chi connectivity index (χ3v) is 7.66. The van der Waals surface area contributed by atoms with Crippen molar-refractivity contribution in [2.24, 2.45) is 0 Å². The van der Waals surface area contributed by atoms with Crippen LogP contribution in [0.2, 0.25) is 10.0 Å². The number of thioether (sulfide) groups is 1. The molecule has 4 nitrogen and oxygen atoms in total. The van der Waals surface area contributed by atoms with E-state index in [-0.39, 0.29) is 5.91 Å². The number of aromatic nitrogens is 2. The van der Waals surface area contributed by atoms with Crippen LogP contribution in [0, 0.1) is 0 Å². The number of carbonyl (C=O) groups excluding carboxylic acids is 1. The molecule has 4 rings (SSSR count). The van der Waals surface area contributed by atoms with E-state index in [0.29, 0.717) is 28.0 Å². The maximum Gasteiger partial charge on any atom is 0.269 e. The quantitative estimate of drug-likeness (QED) is 0.198. The van der Waals surface area contributed by atoms with Crippen LogP contribution in [-0.4, -0.2) is 27.8 Å². The molecule has 0 spiro atoms. The molecular weight excluding hydrogens is 509 g/mol. The monoisotopic (exact) mass is 537 g/mol. The maximum absolute atomic E-state index is 12.8. The van der Waals surface area contributed by atoms with Crippen molar-refractivity contribution in [1.82, 2.24) is 14.9 Å². The SMILES string of the molecule is CCCCc1ccc(-c2ccc(-n3cncc3C(=O)NCCSCc3c(Cl)cccc3Cl)cc2)cc1. The first-order valence-electron chi connectivity index (χ1n) is 12.1. The molecule has 186 valence electrons. The number of imidazole rings is 1. The van der Waals surface area contributed by atoms with E-state index in [1.54, 1.807) is 24.3 Å². The zero-order valence-corrected chi connectivity index (χ0v) is 22.5. The maximum atomic E-state index is 12.8. The summed E-state index contributed by atoms with van der Waals surface area (Å²) in [5.74, 6) is 1.28. The van der Waals surface area contributed by atoms with Crippen LogP contribution in [-0.2, 0) is 12.2 Å². The van der Waals surface area contributed by atoms with Gasteiger partial charge in [-0.1, -0.05) is 79.0 Å². The molecule has 0 aliphatic carbocycles. The van der Waals surface area contributed by atoms with Crippen LogP contribution in [0.4, 0.5) is 0 Å². The topological polar surface area (TPSA) is 46.9 Å². The lowest BCUT2D eigenvalue weighted by molar-refractivity contribution is 0.0949. The minimum Gasteiger partial charge on any atom is -0.350 e. The van der Waals surface area contributed by atoms with E-state index in [9.17, 15) is 4.79 Å². The lowest BCUT2D eigenvalue weighted by Crippen LogP contribution is -2.27. The molecule has 7 heteroatoms. The summed E-state index contributed by atoms with van der Waals surface area (Å²) in [4.78, 5) is 17.0. The van der Waals surface area contributed by atoms with Crippen LogP contribution in [0.5, 0.6) is 0 Å². The predicted molar refractivity (Wildman–Crippen MR) is 153 cm³/mol. The van der Waals surface area contributed by atoms with Crippen molar-refractivity contribution in [1.29, 1.82) is 0 Å². The summed E-state index contributed by atoms with van der Waals surface area (Å²) in [6.45, 7) is 2.74. The summed E-state index contributed by atoms with van der Waals surface area (Å²) in [7, 11) is 0. The fourth-order valence-corrected chi connectivity index (χ4v) is 5.50. The number of nitrogens with one attached hydrogen (secondary N) is 1. The highest BCUT2D eigenvalue weighted by molar-refractivity contribution is 7.98. The van der Waals surface area contributed by atoms with Gasteiger partial charge in [0.15, 0.2) is 0 Å². The van der Waals surface area contributed by atoms with Gasteiger partial charge in [-0.3, -0.25) is 9.36 Å². The molecule has 0 fully saturated rings. The Morgan fingerprint density at radius 3 is 2.31 bits per heavy atom. The number of aryl methyl sites for hydroxylation is 1. The molecule has 0 bridgehead atoms. The molecule has 1 aromatic heterocycles. The van der Waals surface area contributed by atoms with Gasteiger partial charge in [0.05, 0.1) is 12.5 Å². The van der Waals surface area contributed by atoms with E-state index in [0.717, 1.165) is 29.0 Å². The van der Waals surface area contributed by atoms with Gasteiger partial charge in [-0.15, -0.1) is 0 Å². The Morgan fingerprint density at radius 1 is 0.972 bits per heavy atom. The van der Waals surface area contributed by atoms with E-state index < -0.39 is 0 Å². The normalized spacial score (nSPS) is 11.0. The highest BCUT2D eigenvalue weighted by Gasteiger charge is 2.13. The van der Waals surface area contributed by atoms with Crippen molar-refractivity contribution in [3.63, 3.8) is 0 Å². The molecule has 0 radical (unpaired) electrons. The Labute approximate surface area is 227 Å². The second kappa shape index (κ2) is 13.0. The number of benzene rings is 3. The Morgan fingerprint density at radius 2 is 1.64 bits per heavy atom. The van der Waals surface area contributed by atoms with Crippen molar-refractivity contribution in [2.45, 2.75) is 31.9 Å². The van der Waals surface area contributed by atoms with Gasteiger partial charge in [-0.2, -0.15) is 11.8 Å². The van der Waals surface area contributed by atoms with Crippen LogP contribution < -0.4 is 5.32 Å². The van der Waals surface area contributed by atoms with Crippen molar-refractivity contribution in [3.05, 3.63) is 106 Å². The van der Waals surface area contributed by atoms with Crippen molar-refractivity contribution >= 4 is 40.9 Å². The first kappa shape index (κ1) is 26.3. The van der Waals surface area contributed by atoms with E-state index >= 15 is 0 Å². The number of hydrogen-bond donors (Lipinski definition) is 1.